The average molecular weight is 295 g/mol. The standard InChI is InChI=1S/C16H26FN3O/c1-21-16(14(19)10-17)11-6-8-12(9-7-11)20-15-5-3-2-4-13(15)18/h6-9,13-16,20H,2-5,10,18-19H2,1H3. The zero-order valence-corrected chi connectivity index (χ0v) is 12.6. The van der Waals surface area contributed by atoms with E-state index in [1.807, 2.05) is 24.3 Å². The van der Waals surface area contributed by atoms with Gasteiger partial charge in [-0.3, -0.25) is 0 Å². The topological polar surface area (TPSA) is 73.3 Å². The average Bonchev–Trinajstić information content (AvgIpc) is 2.51. The number of hydrogen-bond donors (Lipinski definition) is 3. The summed E-state index contributed by atoms with van der Waals surface area (Å²) in [6.07, 6.45) is 4.21. The molecule has 1 fully saturated rings. The van der Waals surface area contributed by atoms with Gasteiger partial charge in [0.2, 0.25) is 0 Å². The fraction of sp³-hybridized carbons (Fsp3) is 0.625. The maximum atomic E-state index is 12.7. The van der Waals surface area contributed by atoms with E-state index in [0.717, 1.165) is 24.1 Å². The van der Waals surface area contributed by atoms with Crippen LogP contribution in [0.3, 0.4) is 0 Å². The van der Waals surface area contributed by atoms with E-state index in [1.165, 1.54) is 12.8 Å². The molecule has 1 aromatic rings. The van der Waals surface area contributed by atoms with Crippen LogP contribution in [0.25, 0.3) is 0 Å². The van der Waals surface area contributed by atoms with E-state index in [4.69, 9.17) is 16.2 Å². The van der Waals surface area contributed by atoms with Crippen molar-refractivity contribution in [3.8, 4) is 0 Å². The Morgan fingerprint density at radius 2 is 1.95 bits per heavy atom. The van der Waals surface area contributed by atoms with E-state index < -0.39 is 18.8 Å². The Balaban J connectivity index is 2.01. The van der Waals surface area contributed by atoms with Crippen LogP contribution in [0.2, 0.25) is 0 Å². The van der Waals surface area contributed by atoms with Crippen molar-refractivity contribution < 1.29 is 9.13 Å². The second-order valence-electron chi connectivity index (χ2n) is 5.80. The summed E-state index contributed by atoms with van der Waals surface area (Å²) in [6.45, 7) is -0.602. The molecule has 0 amide bonds. The molecule has 0 heterocycles. The van der Waals surface area contributed by atoms with Gasteiger partial charge < -0.3 is 21.5 Å². The van der Waals surface area contributed by atoms with Gasteiger partial charge >= 0.3 is 0 Å². The van der Waals surface area contributed by atoms with Crippen LogP contribution >= 0.6 is 0 Å². The zero-order chi connectivity index (χ0) is 15.2. The Bertz CT molecular complexity index is 426. The lowest BCUT2D eigenvalue weighted by Gasteiger charge is -2.30. The van der Waals surface area contributed by atoms with Crippen LogP contribution in [0.15, 0.2) is 24.3 Å². The van der Waals surface area contributed by atoms with Crippen molar-refractivity contribution in [3.63, 3.8) is 0 Å². The third-order valence-electron chi connectivity index (χ3n) is 4.23. The van der Waals surface area contributed by atoms with Gasteiger partial charge in [0.15, 0.2) is 0 Å². The van der Waals surface area contributed by atoms with E-state index >= 15 is 0 Å². The van der Waals surface area contributed by atoms with Gasteiger partial charge in [0.05, 0.1) is 12.1 Å². The van der Waals surface area contributed by atoms with Gasteiger partial charge in [-0.1, -0.05) is 25.0 Å². The molecule has 2 rings (SSSR count). The molecule has 0 radical (unpaired) electrons. The lowest BCUT2D eigenvalue weighted by molar-refractivity contribution is 0.0721. The Labute approximate surface area is 126 Å². The van der Waals surface area contributed by atoms with E-state index in [1.54, 1.807) is 7.11 Å². The summed E-state index contributed by atoms with van der Waals surface area (Å²) < 4.78 is 18.0. The Hall–Kier alpha value is -1.17. The van der Waals surface area contributed by atoms with E-state index in [-0.39, 0.29) is 6.04 Å². The Morgan fingerprint density at radius 3 is 2.52 bits per heavy atom. The van der Waals surface area contributed by atoms with E-state index in [0.29, 0.717) is 6.04 Å². The minimum absolute atomic E-state index is 0.213. The first-order valence-electron chi connectivity index (χ1n) is 7.62. The third-order valence-corrected chi connectivity index (χ3v) is 4.23. The molecular weight excluding hydrogens is 269 g/mol. The summed E-state index contributed by atoms with van der Waals surface area (Å²) in [4.78, 5) is 0. The van der Waals surface area contributed by atoms with Crippen molar-refractivity contribution in [1.29, 1.82) is 0 Å². The molecule has 1 aliphatic rings. The predicted molar refractivity (Wildman–Crippen MR) is 84.0 cm³/mol. The number of halogens is 1. The highest BCUT2D eigenvalue weighted by Crippen LogP contribution is 2.24. The largest absolute Gasteiger partial charge is 0.381 e. The monoisotopic (exact) mass is 295 g/mol. The SMILES string of the molecule is COC(c1ccc(NC2CCCCC2N)cc1)C(N)CF. The first-order valence-corrected chi connectivity index (χ1v) is 7.62. The van der Waals surface area contributed by atoms with Gasteiger partial charge in [0, 0.05) is 24.9 Å². The molecule has 4 nitrogen and oxygen atoms in total. The van der Waals surface area contributed by atoms with Gasteiger partial charge in [0.1, 0.15) is 6.67 Å². The molecule has 0 aromatic heterocycles. The minimum Gasteiger partial charge on any atom is -0.381 e. The molecule has 1 saturated carbocycles. The molecule has 4 unspecified atom stereocenters. The number of benzene rings is 1. The normalized spacial score (nSPS) is 25.3. The first-order chi connectivity index (χ1) is 10.2. The molecule has 5 N–H and O–H groups in total. The zero-order valence-electron chi connectivity index (χ0n) is 12.6. The molecule has 0 aliphatic heterocycles. The number of hydrogen-bond acceptors (Lipinski definition) is 4. The fourth-order valence-electron chi connectivity index (χ4n) is 2.96. The highest BCUT2D eigenvalue weighted by atomic mass is 19.1. The minimum atomic E-state index is -0.638. The van der Waals surface area contributed by atoms with Crippen LogP contribution in [0.1, 0.15) is 37.4 Å². The van der Waals surface area contributed by atoms with Crippen LogP contribution < -0.4 is 16.8 Å². The number of rotatable bonds is 6. The van der Waals surface area contributed by atoms with Crippen LogP contribution in [-0.2, 0) is 4.74 Å². The van der Waals surface area contributed by atoms with Gasteiger partial charge in [0.25, 0.3) is 0 Å². The van der Waals surface area contributed by atoms with Crippen molar-refractivity contribution in [1.82, 2.24) is 0 Å². The van der Waals surface area contributed by atoms with Gasteiger partial charge in [-0.05, 0) is 30.5 Å². The number of nitrogens with two attached hydrogens (primary N) is 2. The molecule has 0 saturated heterocycles. The smallest absolute Gasteiger partial charge is 0.107 e. The highest BCUT2D eigenvalue weighted by Gasteiger charge is 2.22. The number of alkyl halides is 1. The lowest BCUT2D eigenvalue weighted by atomic mass is 9.91. The summed E-state index contributed by atoms with van der Waals surface area (Å²) in [6, 6.07) is 7.73. The molecular formula is C16H26FN3O. The van der Waals surface area contributed by atoms with E-state index in [2.05, 4.69) is 5.32 Å². The highest BCUT2D eigenvalue weighted by molar-refractivity contribution is 5.46. The summed E-state index contributed by atoms with van der Waals surface area (Å²) >= 11 is 0. The summed E-state index contributed by atoms with van der Waals surface area (Å²) in [5.41, 5.74) is 13.8. The third kappa shape index (κ3) is 4.15. The lowest BCUT2D eigenvalue weighted by Crippen LogP contribution is -2.42. The number of anilines is 1. The van der Waals surface area contributed by atoms with Crippen LogP contribution in [0.4, 0.5) is 10.1 Å². The first kappa shape index (κ1) is 16.2. The molecule has 0 spiro atoms. The number of nitrogens with one attached hydrogen (secondary N) is 1. The summed E-state index contributed by atoms with van der Waals surface area (Å²) in [5, 5.41) is 3.49. The molecule has 5 heteroatoms. The quantitative estimate of drug-likeness (QED) is 0.753. The van der Waals surface area contributed by atoms with Crippen molar-refractivity contribution in [2.45, 2.75) is 49.9 Å². The molecule has 21 heavy (non-hydrogen) atoms. The molecule has 0 bridgehead atoms. The maximum absolute atomic E-state index is 12.7. The van der Waals surface area contributed by atoms with Crippen molar-refractivity contribution in [2.24, 2.45) is 11.5 Å². The molecule has 4 atom stereocenters. The maximum Gasteiger partial charge on any atom is 0.107 e. The Kier molecular flexibility index (Phi) is 5.96. The molecule has 118 valence electrons. The van der Waals surface area contributed by atoms with Crippen molar-refractivity contribution in [3.05, 3.63) is 29.8 Å². The Morgan fingerprint density at radius 1 is 1.29 bits per heavy atom. The van der Waals surface area contributed by atoms with Gasteiger partial charge in [-0.15, -0.1) is 0 Å². The molecule has 1 aromatic carbocycles. The summed E-state index contributed by atoms with van der Waals surface area (Å²) in [5.74, 6) is 0. The number of ether oxygens (including phenoxy) is 1. The van der Waals surface area contributed by atoms with Crippen LogP contribution in [0, 0.1) is 0 Å². The second-order valence-corrected chi connectivity index (χ2v) is 5.80. The van der Waals surface area contributed by atoms with Crippen molar-refractivity contribution >= 4 is 5.69 Å². The van der Waals surface area contributed by atoms with Crippen LogP contribution in [0.5, 0.6) is 0 Å². The fourth-order valence-corrected chi connectivity index (χ4v) is 2.96. The van der Waals surface area contributed by atoms with E-state index in [9.17, 15) is 4.39 Å². The van der Waals surface area contributed by atoms with Crippen LogP contribution in [-0.4, -0.2) is 31.9 Å². The predicted octanol–water partition coefficient (Wildman–Crippen LogP) is 2.35. The van der Waals surface area contributed by atoms with Gasteiger partial charge in [-0.2, -0.15) is 0 Å². The van der Waals surface area contributed by atoms with Gasteiger partial charge in [-0.25, -0.2) is 4.39 Å². The van der Waals surface area contributed by atoms with Crippen molar-refractivity contribution in [2.75, 3.05) is 19.1 Å². The molecule has 1 aliphatic carbocycles. The second kappa shape index (κ2) is 7.73. The number of methoxy groups -OCH3 is 1. The summed E-state index contributed by atoms with van der Waals surface area (Å²) in [7, 11) is 1.55.